The Kier molecular flexibility index (Phi) is 4.27. The highest BCUT2D eigenvalue weighted by Gasteiger charge is 2.20. The van der Waals surface area contributed by atoms with Crippen molar-refractivity contribution in [2.75, 3.05) is 4.72 Å². The molecule has 0 bridgehead atoms. The fraction of sp³-hybridized carbons (Fsp3) is 0.133. The molecule has 22 heavy (non-hydrogen) atoms. The third kappa shape index (κ3) is 3.14. The number of benzene rings is 2. The van der Waals surface area contributed by atoms with Gasteiger partial charge in [0.1, 0.15) is 16.5 Å². The Balaban J connectivity index is 2.43. The Bertz CT molecular complexity index is 825. The van der Waals surface area contributed by atoms with E-state index in [1.54, 1.807) is 13.8 Å². The van der Waals surface area contributed by atoms with Crippen LogP contribution in [-0.2, 0) is 10.0 Å². The van der Waals surface area contributed by atoms with Gasteiger partial charge in [0.2, 0.25) is 0 Å². The normalized spacial score (nSPS) is 11.3. The standard InChI is InChI=1S/C15H13F2NO3S/c1-9-5-12(6-10(2)13(9)8-19)18-22(20,21)15-4-3-11(16)7-14(15)17/h3-8,18H,1-2H3. The molecule has 0 radical (unpaired) electrons. The van der Waals surface area contributed by atoms with Crippen LogP contribution < -0.4 is 4.72 Å². The van der Waals surface area contributed by atoms with Crippen molar-refractivity contribution in [2.45, 2.75) is 18.7 Å². The molecule has 0 atom stereocenters. The van der Waals surface area contributed by atoms with Crippen LogP contribution in [-0.4, -0.2) is 14.7 Å². The molecular formula is C15H13F2NO3S. The second kappa shape index (κ2) is 5.84. The summed E-state index contributed by atoms with van der Waals surface area (Å²) in [5.41, 5.74) is 1.85. The van der Waals surface area contributed by atoms with Crippen molar-refractivity contribution in [3.63, 3.8) is 0 Å². The third-order valence-corrected chi connectivity index (χ3v) is 4.56. The van der Waals surface area contributed by atoms with Crippen LogP contribution in [0.3, 0.4) is 0 Å². The van der Waals surface area contributed by atoms with Crippen LogP contribution >= 0.6 is 0 Å². The fourth-order valence-electron chi connectivity index (χ4n) is 2.12. The monoisotopic (exact) mass is 325 g/mol. The molecule has 0 spiro atoms. The summed E-state index contributed by atoms with van der Waals surface area (Å²) in [7, 11) is -4.19. The maximum absolute atomic E-state index is 13.6. The van der Waals surface area contributed by atoms with Crippen LogP contribution in [0.25, 0.3) is 0 Å². The summed E-state index contributed by atoms with van der Waals surface area (Å²) in [6, 6.07) is 5.15. The molecule has 4 nitrogen and oxygen atoms in total. The van der Waals surface area contributed by atoms with E-state index in [4.69, 9.17) is 0 Å². The van der Waals surface area contributed by atoms with Gasteiger partial charge in [-0.1, -0.05) is 0 Å². The molecule has 0 aliphatic carbocycles. The van der Waals surface area contributed by atoms with Gasteiger partial charge in [-0.15, -0.1) is 0 Å². The van der Waals surface area contributed by atoms with Gasteiger partial charge in [0.25, 0.3) is 10.0 Å². The zero-order chi connectivity index (χ0) is 16.5. The molecule has 1 N–H and O–H groups in total. The quantitative estimate of drug-likeness (QED) is 0.878. The second-order valence-corrected chi connectivity index (χ2v) is 6.47. The predicted octanol–water partition coefficient (Wildman–Crippen LogP) is 3.19. The maximum Gasteiger partial charge on any atom is 0.264 e. The van der Waals surface area contributed by atoms with E-state index >= 15 is 0 Å². The highest BCUT2D eigenvalue weighted by molar-refractivity contribution is 7.92. The lowest BCUT2D eigenvalue weighted by Gasteiger charge is -2.12. The van der Waals surface area contributed by atoms with Crippen LogP contribution in [0.2, 0.25) is 0 Å². The second-order valence-electron chi connectivity index (χ2n) is 4.82. The zero-order valence-electron chi connectivity index (χ0n) is 11.9. The molecule has 0 saturated carbocycles. The first-order valence-electron chi connectivity index (χ1n) is 6.29. The molecule has 2 aromatic rings. The summed E-state index contributed by atoms with van der Waals surface area (Å²) in [5, 5.41) is 0. The lowest BCUT2D eigenvalue weighted by atomic mass is 10.0. The van der Waals surface area contributed by atoms with Crippen molar-refractivity contribution in [3.8, 4) is 0 Å². The lowest BCUT2D eigenvalue weighted by Crippen LogP contribution is -2.15. The number of halogens is 2. The molecule has 0 aromatic heterocycles. The molecule has 0 unspecified atom stereocenters. The summed E-state index contributed by atoms with van der Waals surface area (Å²) in [6.45, 7) is 3.32. The SMILES string of the molecule is Cc1cc(NS(=O)(=O)c2ccc(F)cc2F)cc(C)c1C=O. The summed E-state index contributed by atoms with van der Waals surface area (Å²) < 4.78 is 53.0. The topological polar surface area (TPSA) is 63.2 Å². The number of anilines is 1. The molecule has 0 fully saturated rings. The number of carbonyl (C=O) groups is 1. The number of hydrogen-bond acceptors (Lipinski definition) is 3. The van der Waals surface area contributed by atoms with Crippen LogP contribution in [0.4, 0.5) is 14.5 Å². The van der Waals surface area contributed by atoms with Crippen LogP contribution in [0, 0.1) is 25.5 Å². The molecule has 0 amide bonds. The minimum atomic E-state index is -4.19. The molecule has 116 valence electrons. The van der Waals surface area contributed by atoms with E-state index in [1.165, 1.54) is 12.1 Å². The van der Waals surface area contributed by atoms with Gasteiger partial charge in [0.05, 0.1) is 0 Å². The number of sulfonamides is 1. The van der Waals surface area contributed by atoms with Crippen LogP contribution in [0.15, 0.2) is 35.2 Å². The molecule has 0 saturated heterocycles. The van der Waals surface area contributed by atoms with Gasteiger partial charge < -0.3 is 0 Å². The van der Waals surface area contributed by atoms with Crippen LogP contribution in [0.5, 0.6) is 0 Å². The molecule has 0 aliphatic heterocycles. The number of hydrogen-bond donors (Lipinski definition) is 1. The van der Waals surface area contributed by atoms with Gasteiger partial charge >= 0.3 is 0 Å². The molecular weight excluding hydrogens is 312 g/mol. The van der Waals surface area contributed by atoms with Gasteiger partial charge in [0, 0.05) is 17.3 Å². The minimum Gasteiger partial charge on any atom is -0.298 e. The van der Waals surface area contributed by atoms with E-state index < -0.39 is 26.6 Å². The Morgan fingerprint density at radius 3 is 2.14 bits per heavy atom. The third-order valence-electron chi connectivity index (χ3n) is 3.15. The Labute approximate surface area is 126 Å². The van der Waals surface area contributed by atoms with E-state index in [0.717, 1.165) is 12.1 Å². The predicted molar refractivity (Wildman–Crippen MR) is 78.5 cm³/mol. The van der Waals surface area contributed by atoms with Crippen molar-refractivity contribution in [3.05, 3.63) is 58.7 Å². The fourth-order valence-corrected chi connectivity index (χ4v) is 3.22. The van der Waals surface area contributed by atoms with Crippen LogP contribution in [0.1, 0.15) is 21.5 Å². The maximum atomic E-state index is 13.6. The Hall–Kier alpha value is -2.28. The van der Waals surface area contributed by atoms with Gasteiger partial charge in [-0.3, -0.25) is 9.52 Å². The van der Waals surface area contributed by atoms with Gasteiger partial charge in [-0.25, -0.2) is 17.2 Å². The molecule has 0 aliphatic rings. The highest BCUT2D eigenvalue weighted by Crippen LogP contribution is 2.23. The average molecular weight is 325 g/mol. The number of aldehydes is 1. The van der Waals surface area contributed by atoms with E-state index in [1.807, 2.05) is 0 Å². The smallest absolute Gasteiger partial charge is 0.264 e. The van der Waals surface area contributed by atoms with Crippen molar-refractivity contribution < 1.29 is 22.0 Å². The number of carbonyl (C=O) groups excluding carboxylic acids is 1. The molecule has 2 aromatic carbocycles. The minimum absolute atomic E-state index is 0.198. The number of nitrogens with one attached hydrogen (secondary N) is 1. The molecule has 7 heteroatoms. The number of rotatable bonds is 4. The molecule has 0 heterocycles. The van der Waals surface area contributed by atoms with E-state index in [0.29, 0.717) is 29.0 Å². The van der Waals surface area contributed by atoms with Crippen molar-refractivity contribution in [2.24, 2.45) is 0 Å². The van der Waals surface area contributed by atoms with E-state index in [9.17, 15) is 22.0 Å². The zero-order valence-corrected chi connectivity index (χ0v) is 12.7. The van der Waals surface area contributed by atoms with Gasteiger partial charge in [0.15, 0.2) is 6.29 Å². The average Bonchev–Trinajstić information content (AvgIpc) is 2.37. The van der Waals surface area contributed by atoms with Crippen molar-refractivity contribution in [1.29, 1.82) is 0 Å². The van der Waals surface area contributed by atoms with Crippen molar-refractivity contribution in [1.82, 2.24) is 0 Å². The van der Waals surface area contributed by atoms with Gasteiger partial charge in [-0.2, -0.15) is 0 Å². The Morgan fingerprint density at radius 2 is 1.64 bits per heavy atom. The van der Waals surface area contributed by atoms with E-state index in [-0.39, 0.29) is 5.69 Å². The summed E-state index contributed by atoms with van der Waals surface area (Å²) in [6.07, 6.45) is 0.683. The lowest BCUT2D eigenvalue weighted by molar-refractivity contribution is 0.112. The largest absolute Gasteiger partial charge is 0.298 e. The first-order chi connectivity index (χ1) is 10.2. The van der Waals surface area contributed by atoms with Crippen molar-refractivity contribution >= 4 is 22.0 Å². The Morgan fingerprint density at radius 1 is 1.05 bits per heavy atom. The van der Waals surface area contributed by atoms with Gasteiger partial charge in [-0.05, 0) is 49.2 Å². The molecule has 2 rings (SSSR count). The first kappa shape index (κ1) is 16.1. The highest BCUT2D eigenvalue weighted by atomic mass is 32.2. The summed E-state index contributed by atoms with van der Waals surface area (Å²) in [5.74, 6) is -2.04. The summed E-state index contributed by atoms with van der Waals surface area (Å²) >= 11 is 0. The van der Waals surface area contributed by atoms with E-state index in [2.05, 4.69) is 4.72 Å². The summed E-state index contributed by atoms with van der Waals surface area (Å²) in [4.78, 5) is 10.3. The first-order valence-corrected chi connectivity index (χ1v) is 7.77. The number of aryl methyl sites for hydroxylation is 2.